The summed E-state index contributed by atoms with van der Waals surface area (Å²) in [5.74, 6) is 0.699. The van der Waals surface area contributed by atoms with Crippen molar-refractivity contribution in [2.24, 2.45) is 0 Å². The zero-order chi connectivity index (χ0) is 19.7. The average Bonchev–Trinajstić information content (AvgIpc) is 2.71. The van der Waals surface area contributed by atoms with Crippen LogP contribution in [0.15, 0.2) is 48.5 Å². The molecule has 0 aliphatic carbocycles. The van der Waals surface area contributed by atoms with Gasteiger partial charge in [-0.2, -0.15) is 0 Å². The lowest BCUT2D eigenvalue weighted by Crippen LogP contribution is -2.55. The highest BCUT2D eigenvalue weighted by Crippen LogP contribution is 2.32. The molecule has 0 fully saturated rings. The molecular formula is C22H23NO5. The minimum Gasteiger partial charge on any atom is -0.486 e. The van der Waals surface area contributed by atoms with Crippen molar-refractivity contribution >= 4 is 11.9 Å². The van der Waals surface area contributed by atoms with E-state index < -0.39 is 11.6 Å². The number of cyclic esters (lactones) is 1. The fourth-order valence-corrected chi connectivity index (χ4v) is 3.74. The van der Waals surface area contributed by atoms with Crippen molar-refractivity contribution in [2.75, 3.05) is 19.7 Å². The van der Waals surface area contributed by atoms with Crippen LogP contribution in [0.1, 0.15) is 29.8 Å². The third kappa shape index (κ3) is 3.30. The first kappa shape index (κ1) is 18.3. The van der Waals surface area contributed by atoms with E-state index in [-0.39, 0.29) is 12.0 Å². The molecule has 0 saturated heterocycles. The summed E-state index contributed by atoms with van der Waals surface area (Å²) < 4.78 is 17.3. The lowest BCUT2D eigenvalue weighted by atomic mass is 9.89. The SMILES string of the molecule is CCN(CC1COc2ccccc2O1)C(=O)C1(C)Cc2ccccc2C(=O)O1. The van der Waals surface area contributed by atoms with Gasteiger partial charge in [0.15, 0.2) is 23.2 Å². The van der Waals surface area contributed by atoms with Crippen molar-refractivity contribution in [3.05, 3.63) is 59.7 Å². The number of rotatable bonds is 4. The highest BCUT2D eigenvalue weighted by atomic mass is 16.6. The Morgan fingerprint density at radius 2 is 1.86 bits per heavy atom. The van der Waals surface area contributed by atoms with E-state index in [2.05, 4.69) is 0 Å². The van der Waals surface area contributed by atoms with Gasteiger partial charge in [-0.1, -0.05) is 30.3 Å². The predicted molar refractivity (Wildman–Crippen MR) is 103 cm³/mol. The van der Waals surface area contributed by atoms with E-state index >= 15 is 0 Å². The van der Waals surface area contributed by atoms with Gasteiger partial charge >= 0.3 is 5.97 Å². The number of amides is 1. The Labute approximate surface area is 164 Å². The van der Waals surface area contributed by atoms with Crippen LogP contribution in [0.5, 0.6) is 11.5 Å². The number of carbonyl (C=O) groups is 2. The number of nitrogens with zero attached hydrogens (tertiary/aromatic N) is 1. The molecule has 0 spiro atoms. The molecule has 2 unspecified atom stereocenters. The molecule has 146 valence electrons. The topological polar surface area (TPSA) is 65.1 Å². The Hall–Kier alpha value is -3.02. The molecule has 0 saturated carbocycles. The van der Waals surface area contributed by atoms with Gasteiger partial charge in [-0.15, -0.1) is 0 Å². The second-order valence-corrected chi connectivity index (χ2v) is 7.30. The molecule has 2 aromatic rings. The summed E-state index contributed by atoms with van der Waals surface area (Å²) in [5, 5.41) is 0. The smallest absolute Gasteiger partial charge is 0.339 e. The summed E-state index contributed by atoms with van der Waals surface area (Å²) in [5.41, 5.74) is 0.128. The summed E-state index contributed by atoms with van der Waals surface area (Å²) in [6.45, 7) is 4.78. The van der Waals surface area contributed by atoms with Gasteiger partial charge in [-0.25, -0.2) is 4.79 Å². The van der Waals surface area contributed by atoms with Crippen molar-refractivity contribution in [2.45, 2.75) is 32.0 Å². The van der Waals surface area contributed by atoms with E-state index in [1.807, 2.05) is 43.3 Å². The van der Waals surface area contributed by atoms with Crippen LogP contribution >= 0.6 is 0 Å². The van der Waals surface area contributed by atoms with Gasteiger partial charge in [0.25, 0.3) is 5.91 Å². The molecule has 2 aromatic carbocycles. The third-order valence-corrected chi connectivity index (χ3v) is 5.20. The van der Waals surface area contributed by atoms with Gasteiger partial charge in [-0.3, -0.25) is 4.79 Å². The maximum atomic E-state index is 13.3. The summed E-state index contributed by atoms with van der Waals surface area (Å²) >= 11 is 0. The number of benzene rings is 2. The van der Waals surface area contributed by atoms with Crippen LogP contribution in [0.4, 0.5) is 0 Å². The van der Waals surface area contributed by atoms with Crippen molar-refractivity contribution in [3.8, 4) is 11.5 Å². The number of esters is 1. The van der Waals surface area contributed by atoms with Crippen molar-refractivity contribution < 1.29 is 23.8 Å². The summed E-state index contributed by atoms with van der Waals surface area (Å²) in [6, 6.07) is 14.7. The summed E-state index contributed by atoms with van der Waals surface area (Å²) in [7, 11) is 0. The molecule has 2 heterocycles. The molecule has 6 heteroatoms. The largest absolute Gasteiger partial charge is 0.486 e. The maximum Gasteiger partial charge on any atom is 0.339 e. The first-order valence-electron chi connectivity index (χ1n) is 9.49. The molecule has 2 atom stereocenters. The standard InChI is InChI=1S/C22H23NO5/c1-3-23(13-16-14-26-18-10-6-7-11-19(18)27-16)21(25)22(2)12-15-8-4-5-9-17(15)20(24)28-22/h4-11,16H,3,12-14H2,1-2H3. The average molecular weight is 381 g/mol. The van der Waals surface area contributed by atoms with Crippen LogP contribution in [0.3, 0.4) is 0 Å². The second kappa shape index (κ2) is 7.19. The Morgan fingerprint density at radius 1 is 1.14 bits per heavy atom. The van der Waals surface area contributed by atoms with Gasteiger partial charge in [0.2, 0.25) is 0 Å². The third-order valence-electron chi connectivity index (χ3n) is 5.20. The number of fused-ring (bicyclic) bond motifs is 2. The first-order valence-corrected chi connectivity index (χ1v) is 9.49. The number of hydrogen-bond acceptors (Lipinski definition) is 5. The van der Waals surface area contributed by atoms with Gasteiger partial charge in [0, 0.05) is 13.0 Å². The lowest BCUT2D eigenvalue weighted by molar-refractivity contribution is -0.152. The van der Waals surface area contributed by atoms with Crippen LogP contribution in [0, 0.1) is 0 Å². The van der Waals surface area contributed by atoms with Crippen molar-refractivity contribution in [1.29, 1.82) is 0 Å². The monoisotopic (exact) mass is 381 g/mol. The predicted octanol–water partition coefficient (Wildman–Crippen LogP) is 2.85. The molecular weight excluding hydrogens is 358 g/mol. The maximum absolute atomic E-state index is 13.3. The Bertz CT molecular complexity index is 911. The van der Waals surface area contributed by atoms with Crippen molar-refractivity contribution in [1.82, 2.24) is 4.90 Å². The fraction of sp³-hybridized carbons (Fsp3) is 0.364. The molecule has 1 amide bonds. The zero-order valence-electron chi connectivity index (χ0n) is 16.0. The van der Waals surface area contributed by atoms with Crippen LogP contribution in [-0.2, 0) is 16.0 Å². The molecule has 0 N–H and O–H groups in total. The molecule has 4 rings (SSSR count). The van der Waals surface area contributed by atoms with E-state index in [0.717, 1.165) is 5.56 Å². The van der Waals surface area contributed by atoms with E-state index in [9.17, 15) is 9.59 Å². The van der Waals surface area contributed by atoms with Gasteiger partial charge in [0.1, 0.15) is 6.61 Å². The van der Waals surface area contributed by atoms with Gasteiger partial charge in [0.05, 0.1) is 12.1 Å². The second-order valence-electron chi connectivity index (χ2n) is 7.30. The van der Waals surface area contributed by atoms with E-state index in [0.29, 0.717) is 43.2 Å². The Morgan fingerprint density at radius 3 is 2.64 bits per heavy atom. The molecule has 28 heavy (non-hydrogen) atoms. The Kier molecular flexibility index (Phi) is 4.71. The first-order chi connectivity index (χ1) is 13.5. The molecule has 0 radical (unpaired) electrons. The van der Waals surface area contributed by atoms with E-state index in [4.69, 9.17) is 14.2 Å². The molecule has 6 nitrogen and oxygen atoms in total. The fourth-order valence-electron chi connectivity index (χ4n) is 3.74. The van der Waals surface area contributed by atoms with Crippen molar-refractivity contribution in [3.63, 3.8) is 0 Å². The van der Waals surface area contributed by atoms with E-state index in [1.54, 1.807) is 24.0 Å². The summed E-state index contributed by atoms with van der Waals surface area (Å²) in [4.78, 5) is 27.4. The van der Waals surface area contributed by atoms with Gasteiger partial charge in [-0.05, 0) is 37.6 Å². The van der Waals surface area contributed by atoms with Crippen LogP contribution in [0.25, 0.3) is 0 Å². The minimum absolute atomic E-state index is 0.222. The van der Waals surface area contributed by atoms with Gasteiger partial charge < -0.3 is 19.1 Å². The highest BCUT2D eigenvalue weighted by molar-refractivity contribution is 5.97. The summed E-state index contributed by atoms with van der Waals surface area (Å²) in [6.07, 6.45) is 0.0729. The minimum atomic E-state index is -1.23. The van der Waals surface area contributed by atoms with E-state index in [1.165, 1.54) is 0 Å². The number of carbonyl (C=O) groups excluding carboxylic acids is 2. The zero-order valence-corrected chi connectivity index (χ0v) is 16.0. The number of ether oxygens (including phenoxy) is 3. The Balaban J connectivity index is 1.49. The normalized spacial score (nSPS) is 22.8. The van der Waals surface area contributed by atoms with Crippen LogP contribution in [0.2, 0.25) is 0 Å². The van der Waals surface area contributed by atoms with Crippen LogP contribution in [-0.4, -0.2) is 48.2 Å². The number of hydrogen-bond donors (Lipinski definition) is 0. The quantitative estimate of drug-likeness (QED) is 0.762. The highest BCUT2D eigenvalue weighted by Gasteiger charge is 2.45. The molecule has 0 aromatic heterocycles. The molecule has 2 aliphatic rings. The lowest BCUT2D eigenvalue weighted by Gasteiger charge is -2.38. The number of para-hydroxylation sites is 2. The molecule has 0 bridgehead atoms. The number of likely N-dealkylation sites (N-methyl/N-ethyl adjacent to an activating group) is 1. The molecule has 2 aliphatic heterocycles. The van der Waals surface area contributed by atoms with Crippen LogP contribution < -0.4 is 9.47 Å².